The van der Waals surface area contributed by atoms with Crippen LogP contribution in [0.1, 0.15) is 18.1 Å². The maximum atomic E-state index is 12.7. The second-order valence-corrected chi connectivity index (χ2v) is 5.41. The summed E-state index contributed by atoms with van der Waals surface area (Å²) in [5.41, 5.74) is 7.66. The Morgan fingerprint density at radius 2 is 1.48 bits per heavy atom. The molecule has 2 aromatic rings. The van der Waals surface area contributed by atoms with E-state index in [9.17, 15) is 4.79 Å². The summed E-state index contributed by atoms with van der Waals surface area (Å²) >= 11 is 0. The Hall–Kier alpha value is -2.82. The van der Waals surface area contributed by atoms with Gasteiger partial charge < -0.3 is 15.8 Å². The first-order valence-corrected chi connectivity index (χ1v) is 7.46. The van der Waals surface area contributed by atoms with E-state index in [1.54, 1.807) is 11.8 Å². The number of carbonyl (C=O) groups is 1. The Bertz CT molecular complexity index is 615. The average molecular weight is 311 g/mol. The van der Waals surface area contributed by atoms with Gasteiger partial charge in [0.05, 0.1) is 5.92 Å². The van der Waals surface area contributed by atoms with Crippen molar-refractivity contribution in [3.63, 3.8) is 0 Å². The summed E-state index contributed by atoms with van der Waals surface area (Å²) in [4.78, 5) is 14.4. The first-order valence-electron chi connectivity index (χ1n) is 7.46. The van der Waals surface area contributed by atoms with Gasteiger partial charge in [-0.3, -0.25) is 4.79 Å². The number of hydrogen-bond donors (Lipinski definition) is 2. The molecule has 0 saturated heterocycles. The molecule has 5 nitrogen and oxygen atoms in total. The Balaban J connectivity index is 2.21. The molecule has 5 heteroatoms. The SMILES string of the molecule is CC(C(=O)N(Cc1ccccc1)Cc1ccccc1)/C(N)=N/O. The molecule has 0 fully saturated rings. The molecular weight excluding hydrogens is 290 g/mol. The van der Waals surface area contributed by atoms with E-state index >= 15 is 0 Å². The smallest absolute Gasteiger partial charge is 0.233 e. The monoisotopic (exact) mass is 311 g/mol. The Morgan fingerprint density at radius 3 is 1.87 bits per heavy atom. The topological polar surface area (TPSA) is 78.9 Å². The van der Waals surface area contributed by atoms with Gasteiger partial charge in [0.1, 0.15) is 0 Å². The van der Waals surface area contributed by atoms with Gasteiger partial charge in [-0.1, -0.05) is 65.8 Å². The number of rotatable bonds is 6. The number of amides is 1. The van der Waals surface area contributed by atoms with Gasteiger partial charge in [0.15, 0.2) is 5.84 Å². The van der Waals surface area contributed by atoms with Crippen molar-refractivity contribution in [3.8, 4) is 0 Å². The van der Waals surface area contributed by atoms with Crippen LogP contribution in [0.3, 0.4) is 0 Å². The highest BCUT2D eigenvalue weighted by Crippen LogP contribution is 2.14. The third-order valence-electron chi connectivity index (χ3n) is 3.67. The van der Waals surface area contributed by atoms with Gasteiger partial charge >= 0.3 is 0 Å². The molecule has 0 spiro atoms. The first-order chi connectivity index (χ1) is 11.1. The zero-order chi connectivity index (χ0) is 16.7. The third-order valence-corrected chi connectivity index (χ3v) is 3.67. The lowest BCUT2D eigenvalue weighted by molar-refractivity contribution is -0.134. The van der Waals surface area contributed by atoms with E-state index in [1.165, 1.54) is 0 Å². The minimum absolute atomic E-state index is 0.0823. The third kappa shape index (κ3) is 4.57. The molecule has 120 valence electrons. The number of benzene rings is 2. The fourth-order valence-electron chi connectivity index (χ4n) is 2.31. The van der Waals surface area contributed by atoms with Crippen molar-refractivity contribution < 1.29 is 10.0 Å². The van der Waals surface area contributed by atoms with E-state index in [0.717, 1.165) is 11.1 Å². The first kappa shape index (κ1) is 16.5. The van der Waals surface area contributed by atoms with Crippen LogP contribution in [-0.4, -0.2) is 21.8 Å². The Labute approximate surface area is 136 Å². The zero-order valence-corrected chi connectivity index (χ0v) is 13.1. The fourth-order valence-corrected chi connectivity index (χ4v) is 2.31. The normalized spacial score (nSPS) is 12.7. The molecular formula is C18H21N3O2. The van der Waals surface area contributed by atoms with Crippen LogP contribution >= 0.6 is 0 Å². The lowest BCUT2D eigenvalue weighted by Crippen LogP contribution is -2.40. The molecule has 3 N–H and O–H groups in total. The zero-order valence-electron chi connectivity index (χ0n) is 13.1. The summed E-state index contributed by atoms with van der Waals surface area (Å²) in [7, 11) is 0. The fraction of sp³-hybridized carbons (Fsp3) is 0.222. The van der Waals surface area contributed by atoms with Crippen molar-refractivity contribution in [2.24, 2.45) is 16.8 Å². The number of hydrogen-bond acceptors (Lipinski definition) is 3. The molecule has 0 heterocycles. The number of oxime groups is 1. The van der Waals surface area contributed by atoms with Crippen LogP contribution in [0.5, 0.6) is 0 Å². The maximum absolute atomic E-state index is 12.7. The van der Waals surface area contributed by atoms with Crippen molar-refractivity contribution in [3.05, 3.63) is 71.8 Å². The molecule has 0 aliphatic carbocycles. The Morgan fingerprint density at radius 1 is 1.04 bits per heavy atom. The number of nitrogens with zero attached hydrogens (tertiary/aromatic N) is 2. The maximum Gasteiger partial charge on any atom is 0.233 e. The van der Waals surface area contributed by atoms with E-state index < -0.39 is 5.92 Å². The molecule has 0 aliphatic rings. The molecule has 1 unspecified atom stereocenters. The van der Waals surface area contributed by atoms with Crippen molar-refractivity contribution >= 4 is 11.7 Å². The largest absolute Gasteiger partial charge is 0.409 e. The van der Waals surface area contributed by atoms with E-state index in [4.69, 9.17) is 10.9 Å². The van der Waals surface area contributed by atoms with E-state index in [2.05, 4.69) is 5.16 Å². The van der Waals surface area contributed by atoms with Gasteiger partial charge in [-0.2, -0.15) is 0 Å². The van der Waals surface area contributed by atoms with Crippen molar-refractivity contribution in [1.29, 1.82) is 0 Å². The Kier molecular flexibility index (Phi) is 5.74. The molecule has 0 bridgehead atoms. The predicted molar refractivity (Wildman–Crippen MR) is 89.7 cm³/mol. The van der Waals surface area contributed by atoms with Gasteiger partial charge in [-0.25, -0.2) is 0 Å². The molecule has 1 atom stereocenters. The number of amidine groups is 1. The van der Waals surface area contributed by atoms with Gasteiger partial charge in [-0.05, 0) is 18.1 Å². The van der Waals surface area contributed by atoms with Crippen molar-refractivity contribution in [2.45, 2.75) is 20.0 Å². The summed E-state index contributed by atoms with van der Waals surface area (Å²) in [6, 6.07) is 19.5. The van der Waals surface area contributed by atoms with Crippen LogP contribution in [0.25, 0.3) is 0 Å². The standard InChI is InChI=1S/C18H21N3O2/c1-14(17(19)20-23)18(22)21(12-15-8-4-2-5-9-15)13-16-10-6-3-7-11-16/h2-11,14,23H,12-13H2,1H3,(H2,19,20). The molecule has 0 saturated carbocycles. The van der Waals surface area contributed by atoms with Gasteiger partial charge in [0.2, 0.25) is 5.91 Å². The van der Waals surface area contributed by atoms with E-state index in [-0.39, 0.29) is 11.7 Å². The minimum Gasteiger partial charge on any atom is -0.409 e. The quantitative estimate of drug-likeness (QED) is 0.372. The molecule has 0 radical (unpaired) electrons. The molecule has 2 aromatic carbocycles. The van der Waals surface area contributed by atoms with Gasteiger partial charge in [0.25, 0.3) is 0 Å². The minimum atomic E-state index is -0.674. The highest BCUT2D eigenvalue weighted by molar-refractivity contribution is 6.01. The summed E-state index contributed by atoms with van der Waals surface area (Å²) in [6.45, 7) is 2.58. The molecule has 1 amide bonds. The summed E-state index contributed by atoms with van der Waals surface area (Å²) in [5, 5.41) is 11.8. The highest BCUT2D eigenvalue weighted by atomic mass is 16.4. The van der Waals surface area contributed by atoms with Crippen molar-refractivity contribution in [1.82, 2.24) is 4.90 Å². The highest BCUT2D eigenvalue weighted by Gasteiger charge is 2.24. The van der Waals surface area contributed by atoms with Crippen LogP contribution in [0, 0.1) is 5.92 Å². The van der Waals surface area contributed by atoms with Crippen LogP contribution in [0.4, 0.5) is 0 Å². The van der Waals surface area contributed by atoms with Crippen molar-refractivity contribution in [2.75, 3.05) is 0 Å². The second-order valence-electron chi connectivity index (χ2n) is 5.41. The second kappa shape index (κ2) is 7.98. The van der Waals surface area contributed by atoms with E-state index in [0.29, 0.717) is 13.1 Å². The lowest BCUT2D eigenvalue weighted by Gasteiger charge is -2.25. The molecule has 23 heavy (non-hydrogen) atoms. The lowest BCUT2D eigenvalue weighted by atomic mass is 10.1. The molecule has 2 rings (SSSR count). The molecule has 0 aromatic heterocycles. The van der Waals surface area contributed by atoms with Crippen LogP contribution in [0.15, 0.2) is 65.8 Å². The predicted octanol–water partition coefficient (Wildman–Crippen LogP) is 2.60. The van der Waals surface area contributed by atoms with Gasteiger partial charge in [0, 0.05) is 13.1 Å². The van der Waals surface area contributed by atoms with Crippen LogP contribution in [0.2, 0.25) is 0 Å². The van der Waals surface area contributed by atoms with E-state index in [1.807, 2.05) is 60.7 Å². The average Bonchev–Trinajstić information content (AvgIpc) is 2.61. The molecule has 0 aliphatic heterocycles. The van der Waals surface area contributed by atoms with Gasteiger partial charge in [-0.15, -0.1) is 0 Å². The number of carbonyl (C=O) groups excluding carboxylic acids is 1. The summed E-state index contributed by atoms with van der Waals surface area (Å²) in [6.07, 6.45) is 0. The summed E-state index contributed by atoms with van der Waals surface area (Å²) in [5.74, 6) is -0.929. The van der Waals surface area contributed by atoms with Crippen LogP contribution < -0.4 is 5.73 Å². The number of nitrogens with two attached hydrogens (primary N) is 1. The summed E-state index contributed by atoms with van der Waals surface area (Å²) < 4.78 is 0. The van der Waals surface area contributed by atoms with Crippen LogP contribution in [-0.2, 0) is 17.9 Å².